The first-order valence-corrected chi connectivity index (χ1v) is 9.68. The van der Waals surface area contributed by atoms with Gasteiger partial charge in [0.15, 0.2) is 0 Å². The normalized spacial score (nSPS) is 15.1. The number of amides is 1. The number of rotatable bonds is 4. The number of ether oxygens (including phenoxy) is 1. The van der Waals surface area contributed by atoms with Gasteiger partial charge in [0, 0.05) is 27.8 Å². The summed E-state index contributed by atoms with van der Waals surface area (Å²) < 4.78 is 8.29. The van der Waals surface area contributed by atoms with Gasteiger partial charge < -0.3 is 14.6 Å². The number of pyridine rings is 1. The molecule has 1 aliphatic rings. The van der Waals surface area contributed by atoms with Crippen LogP contribution in [0.4, 0.5) is 5.69 Å². The van der Waals surface area contributed by atoms with Crippen molar-refractivity contribution in [1.82, 2.24) is 4.57 Å². The minimum atomic E-state index is -0.407. The molecule has 0 spiro atoms. The van der Waals surface area contributed by atoms with E-state index >= 15 is 0 Å². The SMILES string of the molecule is CCOc1ccc(NC(=O)c2cn3c4c(cc(Br)cc4c2=O)C[C@@H]3C)cc1. The van der Waals surface area contributed by atoms with Crippen molar-refractivity contribution in [3.63, 3.8) is 0 Å². The van der Waals surface area contributed by atoms with Crippen molar-refractivity contribution in [1.29, 1.82) is 0 Å². The lowest BCUT2D eigenvalue weighted by molar-refractivity contribution is 0.102. The van der Waals surface area contributed by atoms with Crippen LogP contribution in [0.3, 0.4) is 0 Å². The molecule has 3 aromatic rings. The van der Waals surface area contributed by atoms with E-state index in [4.69, 9.17) is 4.74 Å². The number of halogens is 1. The molecule has 0 saturated carbocycles. The molecule has 2 aromatic carbocycles. The van der Waals surface area contributed by atoms with Gasteiger partial charge in [-0.15, -0.1) is 0 Å². The number of carbonyl (C=O) groups is 1. The van der Waals surface area contributed by atoms with Gasteiger partial charge in [-0.05, 0) is 62.2 Å². The second kappa shape index (κ2) is 6.85. The molecular weight excluding hydrogens is 408 g/mol. The van der Waals surface area contributed by atoms with Gasteiger partial charge in [-0.2, -0.15) is 0 Å². The van der Waals surface area contributed by atoms with E-state index in [1.807, 2.05) is 17.6 Å². The molecule has 2 heterocycles. The Hall–Kier alpha value is -2.60. The molecule has 5 nitrogen and oxygen atoms in total. The summed E-state index contributed by atoms with van der Waals surface area (Å²) in [6, 6.07) is 11.1. The number of anilines is 1. The van der Waals surface area contributed by atoms with Crippen LogP contribution < -0.4 is 15.5 Å². The maximum Gasteiger partial charge on any atom is 0.261 e. The Morgan fingerprint density at radius 2 is 2.04 bits per heavy atom. The summed E-state index contributed by atoms with van der Waals surface area (Å²) in [5.74, 6) is 0.330. The first-order valence-electron chi connectivity index (χ1n) is 8.89. The maximum absolute atomic E-state index is 13.0. The second-order valence-electron chi connectivity index (χ2n) is 6.70. The lowest BCUT2D eigenvalue weighted by atomic mass is 10.1. The molecular formula is C21H19BrN2O3. The fourth-order valence-electron chi connectivity index (χ4n) is 3.62. The van der Waals surface area contributed by atoms with Crippen molar-refractivity contribution in [3.05, 3.63) is 68.4 Å². The summed E-state index contributed by atoms with van der Waals surface area (Å²) in [6.45, 7) is 4.59. The Morgan fingerprint density at radius 1 is 1.30 bits per heavy atom. The minimum Gasteiger partial charge on any atom is -0.494 e. The van der Waals surface area contributed by atoms with E-state index in [1.165, 1.54) is 0 Å². The molecule has 1 atom stereocenters. The Bertz CT molecular complexity index is 1100. The predicted molar refractivity (Wildman–Crippen MR) is 110 cm³/mol. The molecule has 1 aromatic heterocycles. The van der Waals surface area contributed by atoms with Gasteiger partial charge in [0.2, 0.25) is 5.43 Å². The molecule has 1 N–H and O–H groups in total. The maximum atomic E-state index is 13.0. The number of hydrogen-bond donors (Lipinski definition) is 1. The summed E-state index contributed by atoms with van der Waals surface area (Å²) in [7, 11) is 0. The summed E-state index contributed by atoms with van der Waals surface area (Å²) >= 11 is 3.48. The van der Waals surface area contributed by atoms with E-state index in [-0.39, 0.29) is 17.0 Å². The van der Waals surface area contributed by atoms with Crippen molar-refractivity contribution in [2.75, 3.05) is 11.9 Å². The number of hydrogen-bond acceptors (Lipinski definition) is 3. The molecule has 1 aliphatic heterocycles. The first-order chi connectivity index (χ1) is 13.0. The molecule has 0 bridgehead atoms. The monoisotopic (exact) mass is 426 g/mol. The van der Waals surface area contributed by atoms with Crippen molar-refractivity contribution in [3.8, 4) is 5.75 Å². The Balaban J connectivity index is 1.73. The minimum absolute atomic E-state index is 0.147. The van der Waals surface area contributed by atoms with Gasteiger partial charge in [-0.3, -0.25) is 9.59 Å². The summed E-state index contributed by atoms with van der Waals surface area (Å²) in [4.78, 5) is 25.8. The average molecular weight is 427 g/mol. The fraction of sp³-hybridized carbons (Fsp3) is 0.238. The summed E-state index contributed by atoms with van der Waals surface area (Å²) in [6.07, 6.45) is 2.53. The lowest BCUT2D eigenvalue weighted by Gasteiger charge is -2.13. The van der Waals surface area contributed by atoms with E-state index < -0.39 is 5.91 Å². The summed E-state index contributed by atoms with van der Waals surface area (Å²) in [5.41, 5.74) is 2.57. The van der Waals surface area contributed by atoms with Crippen LogP contribution >= 0.6 is 15.9 Å². The number of aromatic nitrogens is 1. The van der Waals surface area contributed by atoms with Gasteiger partial charge in [-0.1, -0.05) is 15.9 Å². The molecule has 0 radical (unpaired) electrons. The molecule has 1 amide bonds. The molecule has 0 saturated heterocycles. The third kappa shape index (κ3) is 3.14. The third-order valence-electron chi connectivity index (χ3n) is 4.83. The Kier molecular flexibility index (Phi) is 4.52. The average Bonchev–Trinajstić information content (AvgIpc) is 2.95. The predicted octanol–water partition coefficient (Wildman–Crippen LogP) is 4.53. The van der Waals surface area contributed by atoms with Gasteiger partial charge in [0.1, 0.15) is 11.3 Å². The zero-order chi connectivity index (χ0) is 19.1. The zero-order valence-corrected chi connectivity index (χ0v) is 16.7. The van der Waals surface area contributed by atoms with E-state index in [1.54, 1.807) is 36.5 Å². The van der Waals surface area contributed by atoms with Crippen molar-refractivity contribution in [2.45, 2.75) is 26.3 Å². The molecule has 0 fully saturated rings. The van der Waals surface area contributed by atoms with Gasteiger partial charge >= 0.3 is 0 Å². The number of nitrogens with one attached hydrogen (secondary N) is 1. The zero-order valence-electron chi connectivity index (χ0n) is 15.1. The number of benzene rings is 2. The van der Waals surface area contributed by atoms with Crippen molar-refractivity contribution >= 4 is 38.4 Å². The van der Waals surface area contributed by atoms with Crippen LogP contribution in [-0.4, -0.2) is 17.1 Å². The van der Waals surface area contributed by atoms with Crippen molar-refractivity contribution in [2.24, 2.45) is 0 Å². The van der Waals surface area contributed by atoms with E-state index in [9.17, 15) is 9.59 Å². The fourth-order valence-corrected chi connectivity index (χ4v) is 4.13. The highest BCUT2D eigenvalue weighted by Gasteiger charge is 2.25. The van der Waals surface area contributed by atoms with Crippen LogP contribution in [0, 0.1) is 0 Å². The molecule has 138 valence electrons. The van der Waals surface area contributed by atoms with Crippen molar-refractivity contribution < 1.29 is 9.53 Å². The number of carbonyl (C=O) groups excluding carboxylic acids is 1. The highest BCUT2D eigenvalue weighted by atomic mass is 79.9. The standard InChI is InChI=1S/C21H19BrN2O3/c1-3-27-16-6-4-15(5-7-16)23-21(26)18-11-24-12(2)8-13-9-14(22)10-17(19(13)24)20(18)25/h4-7,9-12H,3,8H2,1-2H3,(H,23,26)/t12-/m0/s1. The molecule has 6 heteroatoms. The molecule has 0 aliphatic carbocycles. The van der Waals surface area contributed by atoms with Crippen LogP contribution in [-0.2, 0) is 6.42 Å². The van der Waals surface area contributed by atoms with Crippen LogP contribution in [0.25, 0.3) is 10.9 Å². The van der Waals surface area contributed by atoms with Crippen LogP contribution in [0.1, 0.15) is 35.8 Å². The van der Waals surface area contributed by atoms with E-state index in [0.29, 0.717) is 17.7 Å². The van der Waals surface area contributed by atoms with Crippen LogP contribution in [0.15, 0.2) is 51.9 Å². The topological polar surface area (TPSA) is 60.3 Å². The first kappa shape index (κ1) is 17.8. The highest BCUT2D eigenvalue weighted by molar-refractivity contribution is 9.10. The van der Waals surface area contributed by atoms with E-state index in [0.717, 1.165) is 27.7 Å². The Morgan fingerprint density at radius 3 is 2.74 bits per heavy atom. The molecule has 27 heavy (non-hydrogen) atoms. The third-order valence-corrected chi connectivity index (χ3v) is 5.29. The quantitative estimate of drug-likeness (QED) is 0.666. The van der Waals surface area contributed by atoms with E-state index in [2.05, 4.69) is 28.2 Å². The lowest BCUT2D eigenvalue weighted by Crippen LogP contribution is -2.23. The Labute approximate surface area is 165 Å². The van der Waals surface area contributed by atoms with Gasteiger partial charge in [0.25, 0.3) is 5.91 Å². The molecule has 4 rings (SSSR count). The summed E-state index contributed by atoms with van der Waals surface area (Å²) in [5, 5.41) is 3.38. The number of nitrogens with zero attached hydrogens (tertiary/aromatic N) is 1. The smallest absolute Gasteiger partial charge is 0.261 e. The highest BCUT2D eigenvalue weighted by Crippen LogP contribution is 2.33. The van der Waals surface area contributed by atoms with Crippen LogP contribution in [0.2, 0.25) is 0 Å². The van der Waals surface area contributed by atoms with Gasteiger partial charge in [0.05, 0.1) is 12.1 Å². The second-order valence-corrected chi connectivity index (χ2v) is 7.62. The largest absolute Gasteiger partial charge is 0.494 e. The van der Waals surface area contributed by atoms with Crippen LogP contribution in [0.5, 0.6) is 5.75 Å². The van der Waals surface area contributed by atoms with Gasteiger partial charge in [-0.25, -0.2) is 0 Å². The molecule has 0 unspecified atom stereocenters.